The molecule has 1 aromatic rings. The second kappa shape index (κ2) is 8.85. The van der Waals surface area contributed by atoms with Gasteiger partial charge in [0, 0.05) is 24.0 Å². The number of halogens is 3. The topological polar surface area (TPSA) is 32.3 Å². The molecular formula is C16H21ClF2N2OS. The Labute approximate surface area is 144 Å². The summed E-state index contributed by atoms with van der Waals surface area (Å²) in [6, 6.07) is 7.49. The lowest BCUT2D eigenvalue weighted by Gasteiger charge is -2.32. The Hall–Kier alpha value is -0.850. The van der Waals surface area contributed by atoms with Crippen LogP contribution in [0.15, 0.2) is 29.2 Å². The summed E-state index contributed by atoms with van der Waals surface area (Å²) in [5, 5.41) is 3.40. The van der Waals surface area contributed by atoms with Crippen LogP contribution in [0.2, 0.25) is 5.02 Å². The quantitative estimate of drug-likeness (QED) is 0.784. The monoisotopic (exact) mass is 362 g/mol. The van der Waals surface area contributed by atoms with Gasteiger partial charge in [0.25, 0.3) is 6.43 Å². The highest BCUT2D eigenvalue weighted by Gasteiger charge is 2.24. The molecule has 0 aromatic heterocycles. The van der Waals surface area contributed by atoms with Crippen molar-refractivity contribution in [1.29, 1.82) is 0 Å². The lowest BCUT2D eigenvalue weighted by Crippen LogP contribution is -2.47. The highest BCUT2D eigenvalue weighted by Crippen LogP contribution is 2.30. The lowest BCUT2D eigenvalue weighted by molar-refractivity contribution is -0.121. The zero-order valence-corrected chi connectivity index (χ0v) is 14.5. The second-order valence-electron chi connectivity index (χ2n) is 5.67. The van der Waals surface area contributed by atoms with E-state index in [0.29, 0.717) is 31.0 Å². The molecule has 128 valence electrons. The average Bonchev–Trinajstić information content (AvgIpc) is 2.51. The second-order valence-corrected chi connectivity index (χ2v) is 7.45. The zero-order valence-electron chi connectivity index (χ0n) is 13.0. The van der Waals surface area contributed by atoms with Crippen LogP contribution in [-0.4, -0.2) is 48.2 Å². The van der Waals surface area contributed by atoms with E-state index in [9.17, 15) is 13.6 Å². The number of nitrogens with one attached hydrogen (secondary N) is 1. The molecule has 1 N–H and O–H groups in total. The van der Waals surface area contributed by atoms with Crippen molar-refractivity contribution in [3.8, 4) is 0 Å². The largest absolute Gasteiger partial charge is 0.352 e. The van der Waals surface area contributed by atoms with Crippen molar-refractivity contribution in [3.05, 3.63) is 29.3 Å². The van der Waals surface area contributed by atoms with Gasteiger partial charge in [-0.05, 0) is 31.9 Å². The maximum absolute atomic E-state index is 12.3. The minimum absolute atomic E-state index is 0.0396. The lowest BCUT2D eigenvalue weighted by atomic mass is 10.0. The number of nitrogens with zero attached hydrogens (tertiary/aromatic N) is 1. The van der Waals surface area contributed by atoms with Crippen molar-refractivity contribution < 1.29 is 13.6 Å². The summed E-state index contributed by atoms with van der Waals surface area (Å²) in [6.45, 7) is 2.86. The summed E-state index contributed by atoms with van der Waals surface area (Å²) in [7, 11) is 0. The third-order valence-electron chi connectivity index (χ3n) is 3.84. The first-order chi connectivity index (χ1) is 11.0. The van der Waals surface area contributed by atoms with Crippen LogP contribution in [0.5, 0.6) is 0 Å². The number of piperidine rings is 1. The Kier molecular flexibility index (Phi) is 7.11. The Balaban J connectivity index is 1.77. The van der Waals surface area contributed by atoms with E-state index in [1.54, 1.807) is 11.0 Å². The Morgan fingerprint density at radius 1 is 1.39 bits per heavy atom. The maximum Gasteiger partial charge on any atom is 0.251 e. The van der Waals surface area contributed by atoms with Crippen LogP contribution in [0.1, 0.15) is 19.8 Å². The van der Waals surface area contributed by atoms with Crippen molar-refractivity contribution in [2.75, 3.05) is 19.6 Å². The Bertz CT molecular complexity index is 525. The summed E-state index contributed by atoms with van der Waals surface area (Å²) < 4.78 is 24.7. The highest BCUT2D eigenvalue weighted by molar-refractivity contribution is 8.00. The SMILES string of the molecule is C[C@@H](Sc1ccccc1Cl)C(=O)NC1CCN(CC(F)F)CC1. The van der Waals surface area contributed by atoms with Crippen LogP contribution in [0.3, 0.4) is 0 Å². The first-order valence-corrected chi connectivity index (χ1v) is 8.93. The molecular weight excluding hydrogens is 342 g/mol. The number of alkyl halides is 2. The van der Waals surface area contributed by atoms with Crippen LogP contribution in [0, 0.1) is 0 Å². The number of hydrogen-bond donors (Lipinski definition) is 1. The van der Waals surface area contributed by atoms with Crippen molar-refractivity contribution in [3.63, 3.8) is 0 Å². The normalized spacial score (nSPS) is 18.1. The van der Waals surface area contributed by atoms with Gasteiger partial charge in [0.1, 0.15) is 0 Å². The molecule has 0 saturated carbocycles. The number of likely N-dealkylation sites (tertiary alicyclic amines) is 1. The molecule has 1 aliphatic heterocycles. The molecule has 0 unspecified atom stereocenters. The molecule has 7 heteroatoms. The summed E-state index contributed by atoms with van der Waals surface area (Å²) in [4.78, 5) is 14.9. The van der Waals surface area contributed by atoms with E-state index in [0.717, 1.165) is 4.90 Å². The Morgan fingerprint density at radius 2 is 2.04 bits per heavy atom. The van der Waals surface area contributed by atoms with E-state index >= 15 is 0 Å². The van der Waals surface area contributed by atoms with Crippen LogP contribution in [-0.2, 0) is 4.79 Å². The van der Waals surface area contributed by atoms with E-state index < -0.39 is 6.43 Å². The molecule has 3 nitrogen and oxygen atoms in total. The molecule has 0 radical (unpaired) electrons. The number of carbonyl (C=O) groups is 1. The third-order valence-corrected chi connectivity index (χ3v) is 5.46. The van der Waals surface area contributed by atoms with Gasteiger partial charge in [-0.15, -0.1) is 11.8 Å². The van der Waals surface area contributed by atoms with Crippen LogP contribution >= 0.6 is 23.4 Å². The van der Waals surface area contributed by atoms with E-state index in [1.807, 2.05) is 25.1 Å². The molecule has 0 spiro atoms. The summed E-state index contributed by atoms with van der Waals surface area (Å²) in [5.41, 5.74) is 0. The fraction of sp³-hybridized carbons (Fsp3) is 0.562. The molecule has 2 rings (SSSR count). The van der Waals surface area contributed by atoms with Gasteiger partial charge in [-0.2, -0.15) is 0 Å². The van der Waals surface area contributed by atoms with Crippen molar-refractivity contribution in [1.82, 2.24) is 10.2 Å². The molecule has 1 fully saturated rings. The molecule has 1 heterocycles. The van der Waals surface area contributed by atoms with Gasteiger partial charge < -0.3 is 5.32 Å². The predicted molar refractivity (Wildman–Crippen MR) is 90.4 cm³/mol. The third kappa shape index (κ3) is 5.94. The molecule has 0 bridgehead atoms. The Morgan fingerprint density at radius 3 is 2.65 bits per heavy atom. The van der Waals surface area contributed by atoms with E-state index in [4.69, 9.17) is 11.6 Å². The van der Waals surface area contributed by atoms with Crippen molar-refractivity contribution >= 4 is 29.3 Å². The minimum Gasteiger partial charge on any atom is -0.352 e. The van der Waals surface area contributed by atoms with E-state index in [-0.39, 0.29) is 23.7 Å². The first-order valence-electron chi connectivity index (χ1n) is 7.67. The summed E-state index contributed by atoms with van der Waals surface area (Å²) in [5.74, 6) is -0.0396. The van der Waals surface area contributed by atoms with Gasteiger partial charge in [-0.25, -0.2) is 8.78 Å². The molecule has 1 aromatic carbocycles. The van der Waals surface area contributed by atoms with Gasteiger partial charge in [0.2, 0.25) is 5.91 Å². The van der Waals surface area contributed by atoms with E-state index in [1.165, 1.54) is 11.8 Å². The highest BCUT2D eigenvalue weighted by atomic mass is 35.5. The van der Waals surface area contributed by atoms with Crippen LogP contribution < -0.4 is 5.32 Å². The van der Waals surface area contributed by atoms with Crippen LogP contribution in [0.25, 0.3) is 0 Å². The van der Waals surface area contributed by atoms with Gasteiger partial charge in [0.05, 0.1) is 16.8 Å². The van der Waals surface area contributed by atoms with Gasteiger partial charge in [-0.1, -0.05) is 23.7 Å². The predicted octanol–water partition coefficient (Wildman–Crippen LogP) is 3.67. The number of benzene rings is 1. The minimum atomic E-state index is -2.30. The standard InChI is InChI=1S/C16H21ClF2N2OS/c1-11(23-14-5-3-2-4-13(14)17)16(22)20-12-6-8-21(9-7-12)10-15(18)19/h2-5,11-12,15H,6-10H2,1H3,(H,20,22)/t11-/m1/s1. The number of carbonyl (C=O) groups excluding carboxylic acids is 1. The van der Waals surface area contributed by atoms with E-state index in [2.05, 4.69) is 5.32 Å². The van der Waals surface area contributed by atoms with Gasteiger partial charge in [-0.3, -0.25) is 9.69 Å². The zero-order chi connectivity index (χ0) is 16.8. The molecule has 1 aliphatic rings. The molecule has 1 amide bonds. The summed E-state index contributed by atoms with van der Waals surface area (Å²) >= 11 is 7.53. The average molecular weight is 363 g/mol. The smallest absolute Gasteiger partial charge is 0.251 e. The van der Waals surface area contributed by atoms with Gasteiger partial charge >= 0.3 is 0 Å². The van der Waals surface area contributed by atoms with Gasteiger partial charge in [0.15, 0.2) is 0 Å². The number of thioether (sulfide) groups is 1. The number of rotatable bonds is 6. The number of hydrogen-bond acceptors (Lipinski definition) is 3. The molecule has 1 atom stereocenters. The molecule has 0 aliphatic carbocycles. The molecule has 23 heavy (non-hydrogen) atoms. The maximum atomic E-state index is 12.3. The van der Waals surface area contributed by atoms with Crippen molar-refractivity contribution in [2.24, 2.45) is 0 Å². The summed E-state index contributed by atoms with van der Waals surface area (Å²) in [6.07, 6.45) is -0.877. The first kappa shape index (κ1) is 18.5. The van der Waals surface area contributed by atoms with Crippen LogP contribution in [0.4, 0.5) is 8.78 Å². The number of amides is 1. The van der Waals surface area contributed by atoms with Crippen molar-refractivity contribution in [2.45, 2.75) is 42.4 Å². The fourth-order valence-electron chi connectivity index (χ4n) is 2.56. The fourth-order valence-corrected chi connectivity index (χ4v) is 3.72. The molecule has 1 saturated heterocycles.